The molecule has 1 saturated heterocycles. The number of amides is 2. The third-order valence-corrected chi connectivity index (χ3v) is 3.30. The summed E-state index contributed by atoms with van der Waals surface area (Å²) in [6, 6.07) is 10.0. The lowest BCUT2D eigenvalue weighted by Gasteiger charge is -2.27. The quantitative estimate of drug-likeness (QED) is 0.867. The van der Waals surface area contributed by atoms with Gasteiger partial charge in [0, 0.05) is 6.54 Å². The van der Waals surface area contributed by atoms with Gasteiger partial charge in [-0.15, -0.1) is 0 Å². The van der Waals surface area contributed by atoms with E-state index in [1.54, 1.807) is 18.7 Å². The molecule has 1 aliphatic rings. The number of hydrogen-bond donors (Lipinski definition) is 1. The molecular weight excluding hydrogens is 226 g/mol. The Morgan fingerprint density at radius 1 is 1.50 bits per heavy atom. The lowest BCUT2D eigenvalue weighted by atomic mass is 10.0. The van der Waals surface area contributed by atoms with E-state index in [9.17, 15) is 4.79 Å². The molecule has 0 radical (unpaired) electrons. The molecular formula is C14H17N3O. The molecule has 1 heterocycles. The van der Waals surface area contributed by atoms with Crippen LogP contribution in [0, 0.1) is 18.3 Å². The highest BCUT2D eigenvalue weighted by Crippen LogP contribution is 2.26. The molecule has 1 unspecified atom stereocenters. The molecule has 0 aliphatic carbocycles. The van der Waals surface area contributed by atoms with Crippen molar-refractivity contribution < 1.29 is 4.79 Å². The summed E-state index contributed by atoms with van der Waals surface area (Å²) in [5.74, 6) is 0. The minimum Gasteiger partial charge on any atom is -0.329 e. The Balaban J connectivity index is 2.22. The van der Waals surface area contributed by atoms with Gasteiger partial charge in [-0.2, -0.15) is 5.26 Å². The zero-order valence-electron chi connectivity index (χ0n) is 10.9. The first-order valence-corrected chi connectivity index (χ1v) is 6.00. The highest BCUT2D eigenvalue weighted by Gasteiger charge is 2.39. The van der Waals surface area contributed by atoms with Crippen molar-refractivity contribution in [1.29, 1.82) is 5.26 Å². The fraction of sp³-hybridized carbons (Fsp3) is 0.429. The fourth-order valence-corrected chi connectivity index (χ4v) is 2.16. The van der Waals surface area contributed by atoms with Crippen LogP contribution in [0.1, 0.15) is 31.0 Å². The van der Waals surface area contributed by atoms with E-state index in [0.29, 0.717) is 6.54 Å². The molecule has 2 rings (SSSR count). The Bertz CT molecular complexity index is 516. The molecule has 0 bridgehead atoms. The summed E-state index contributed by atoms with van der Waals surface area (Å²) in [6.07, 6.45) is 0. The second-order valence-electron chi connectivity index (χ2n) is 5.20. The van der Waals surface area contributed by atoms with Gasteiger partial charge in [-0.1, -0.05) is 29.8 Å². The molecule has 2 amide bonds. The summed E-state index contributed by atoms with van der Waals surface area (Å²) in [4.78, 5) is 13.5. The average Bonchev–Trinajstić information content (AvgIpc) is 2.72. The summed E-state index contributed by atoms with van der Waals surface area (Å²) in [6.45, 7) is 6.07. The smallest absolute Gasteiger partial charge is 0.319 e. The third-order valence-electron chi connectivity index (χ3n) is 3.30. The van der Waals surface area contributed by atoms with Gasteiger partial charge in [0.15, 0.2) is 0 Å². The first-order valence-electron chi connectivity index (χ1n) is 6.00. The summed E-state index contributed by atoms with van der Waals surface area (Å²) >= 11 is 0. The Morgan fingerprint density at radius 2 is 2.22 bits per heavy atom. The van der Waals surface area contributed by atoms with E-state index in [-0.39, 0.29) is 12.1 Å². The average molecular weight is 243 g/mol. The van der Waals surface area contributed by atoms with E-state index in [1.807, 2.05) is 25.1 Å². The Kier molecular flexibility index (Phi) is 3.00. The SMILES string of the molecule is Cc1cccc(C2CN(C(C)(C)C#N)C(=O)N2)c1. The van der Waals surface area contributed by atoms with Crippen molar-refractivity contribution in [1.82, 2.24) is 10.2 Å². The minimum absolute atomic E-state index is 0.0370. The van der Waals surface area contributed by atoms with Gasteiger partial charge in [-0.3, -0.25) is 0 Å². The molecule has 18 heavy (non-hydrogen) atoms. The molecule has 1 aromatic rings. The van der Waals surface area contributed by atoms with Gasteiger partial charge in [-0.25, -0.2) is 4.79 Å². The first-order chi connectivity index (χ1) is 8.44. The van der Waals surface area contributed by atoms with Crippen LogP contribution in [0.2, 0.25) is 0 Å². The van der Waals surface area contributed by atoms with Gasteiger partial charge in [0.25, 0.3) is 0 Å². The van der Waals surface area contributed by atoms with Crippen LogP contribution in [0.15, 0.2) is 24.3 Å². The maximum atomic E-state index is 11.9. The van der Waals surface area contributed by atoms with E-state index >= 15 is 0 Å². The fourth-order valence-electron chi connectivity index (χ4n) is 2.16. The van der Waals surface area contributed by atoms with Gasteiger partial charge < -0.3 is 10.2 Å². The van der Waals surface area contributed by atoms with Crippen LogP contribution in [0.25, 0.3) is 0 Å². The second-order valence-corrected chi connectivity index (χ2v) is 5.20. The van der Waals surface area contributed by atoms with Crippen LogP contribution in [-0.2, 0) is 0 Å². The third kappa shape index (κ3) is 2.17. The lowest BCUT2D eigenvalue weighted by Crippen LogP contribution is -2.44. The van der Waals surface area contributed by atoms with Crippen molar-refractivity contribution in [2.75, 3.05) is 6.54 Å². The monoisotopic (exact) mass is 243 g/mol. The van der Waals surface area contributed by atoms with Gasteiger partial charge in [0.1, 0.15) is 5.54 Å². The predicted octanol–water partition coefficient (Wildman–Crippen LogP) is 2.36. The van der Waals surface area contributed by atoms with E-state index < -0.39 is 5.54 Å². The Labute approximate surface area is 107 Å². The predicted molar refractivity (Wildman–Crippen MR) is 68.8 cm³/mol. The number of rotatable bonds is 2. The van der Waals surface area contributed by atoms with Crippen LogP contribution in [0.3, 0.4) is 0 Å². The number of nitrogens with one attached hydrogen (secondary N) is 1. The second kappa shape index (κ2) is 4.34. The molecule has 1 N–H and O–H groups in total. The topological polar surface area (TPSA) is 56.1 Å². The number of urea groups is 1. The number of carbonyl (C=O) groups excluding carboxylic acids is 1. The molecule has 94 valence electrons. The van der Waals surface area contributed by atoms with E-state index in [2.05, 4.69) is 17.5 Å². The number of benzene rings is 1. The normalized spacial score (nSPS) is 19.6. The van der Waals surface area contributed by atoms with Gasteiger partial charge in [-0.05, 0) is 26.3 Å². The van der Waals surface area contributed by atoms with Crippen LogP contribution in [0.4, 0.5) is 4.79 Å². The van der Waals surface area contributed by atoms with Crippen LogP contribution >= 0.6 is 0 Å². The van der Waals surface area contributed by atoms with E-state index in [4.69, 9.17) is 5.26 Å². The lowest BCUT2D eigenvalue weighted by molar-refractivity contribution is 0.186. The summed E-state index contributed by atoms with van der Waals surface area (Å²) in [5, 5.41) is 12.0. The Morgan fingerprint density at radius 3 is 2.83 bits per heavy atom. The van der Waals surface area contributed by atoms with Gasteiger partial charge >= 0.3 is 6.03 Å². The van der Waals surface area contributed by atoms with Crippen LogP contribution < -0.4 is 5.32 Å². The van der Waals surface area contributed by atoms with Crippen molar-refractivity contribution in [2.24, 2.45) is 0 Å². The number of aryl methyl sites for hydroxylation is 1. The van der Waals surface area contributed by atoms with Crippen molar-refractivity contribution in [2.45, 2.75) is 32.4 Å². The molecule has 1 fully saturated rings. The van der Waals surface area contributed by atoms with Crippen molar-refractivity contribution >= 4 is 6.03 Å². The molecule has 1 aromatic carbocycles. The summed E-state index contributed by atoms with van der Waals surface area (Å²) < 4.78 is 0. The highest BCUT2D eigenvalue weighted by atomic mass is 16.2. The van der Waals surface area contributed by atoms with Gasteiger partial charge in [0.2, 0.25) is 0 Å². The standard InChI is InChI=1S/C14H17N3O/c1-10-5-4-6-11(7-10)12-8-17(13(18)16-12)14(2,3)9-15/h4-7,12H,8H2,1-3H3,(H,16,18). The molecule has 1 aliphatic heterocycles. The molecule has 0 aromatic heterocycles. The molecule has 4 nitrogen and oxygen atoms in total. The number of nitrogens with zero attached hydrogens (tertiary/aromatic N) is 2. The van der Waals surface area contributed by atoms with Crippen molar-refractivity contribution in [3.05, 3.63) is 35.4 Å². The number of nitriles is 1. The summed E-state index contributed by atoms with van der Waals surface area (Å²) in [7, 11) is 0. The van der Waals surface area contributed by atoms with E-state index in [1.165, 1.54) is 5.56 Å². The molecule has 1 atom stereocenters. The van der Waals surface area contributed by atoms with Gasteiger partial charge in [0.05, 0.1) is 12.1 Å². The highest BCUT2D eigenvalue weighted by molar-refractivity contribution is 5.78. The Hall–Kier alpha value is -2.02. The number of hydrogen-bond acceptors (Lipinski definition) is 2. The zero-order valence-corrected chi connectivity index (χ0v) is 10.9. The van der Waals surface area contributed by atoms with Crippen molar-refractivity contribution in [3.8, 4) is 6.07 Å². The maximum Gasteiger partial charge on any atom is 0.319 e. The summed E-state index contributed by atoms with van der Waals surface area (Å²) in [5.41, 5.74) is 1.47. The van der Waals surface area contributed by atoms with E-state index in [0.717, 1.165) is 5.56 Å². The minimum atomic E-state index is -0.775. The first kappa shape index (κ1) is 12.4. The molecule has 0 saturated carbocycles. The zero-order chi connectivity index (χ0) is 13.3. The van der Waals surface area contributed by atoms with Crippen LogP contribution in [-0.4, -0.2) is 23.0 Å². The maximum absolute atomic E-state index is 11.9. The molecule has 4 heteroatoms. The van der Waals surface area contributed by atoms with Crippen molar-refractivity contribution in [3.63, 3.8) is 0 Å². The van der Waals surface area contributed by atoms with Crippen LogP contribution in [0.5, 0.6) is 0 Å². The number of carbonyl (C=O) groups is 1. The largest absolute Gasteiger partial charge is 0.329 e. The molecule has 0 spiro atoms.